The fourth-order valence-electron chi connectivity index (χ4n) is 2.20. The minimum Gasteiger partial charge on any atom is -0.480 e. The Labute approximate surface area is 126 Å². The smallest absolute Gasteiger partial charge is 0.323 e. The molecule has 4 nitrogen and oxygen atoms in total. The second-order valence-corrected chi connectivity index (χ2v) is 5.13. The summed E-state index contributed by atoms with van der Waals surface area (Å²) in [6.45, 7) is 7.34. The van der Waals surface area contributed by atoms with E-state index in [4.69, 9.17) is 5.11 Å². The predicted molar refractivity (Wildman–Crippen MR) is 83.1 cm³/mol. The normalized spacial score (nSPS) is 13.2. The van der Waals surface area contributed by atoms with Gasteiger partial charge in [-0.25, -0.2) is 0 Å². The van der Waals surface area contributed by atoms with E-state index in [2.05, 4.69) is 6.58 Å². The molecule has 1 aromatic carbocycles. The zero-order valence-electron chi connectivity index (χ0n) is 12.7. The monoisotopic (exact) mass is 289 g/mol. The van der Waals surface area contributed by atoms with E-state index < -0.39 is 5.97 Å². The zero-order chi connectivity index (χ0) is 15.8. The van der Waals surface area contributed by atoms with Gasteiger partial charge in [0.2, 0.25) is 5.91 Å². The Kier molecular flexibility index (Phi) is 6.66. The van der Waals surface area contributed by atoms with E-state index in [0.717, 1.165) is 12.0 Å². The first kappa shape index (κ1) is 17.0. The molecule has 0 spiro atoms. The first-order valence-electron chi connectivity index (χ1n) is 7.18. The van der Waals surface area contributed by atoms with E-state index in [9.17, 15) is 9.59 Å². The molecule has 0 heterocycles. The van der Waals surface area contributed by atoms with Gasteiger partial charge >= 0.3 is 5.97 Å². The largest absolute Gasteiger partial charge is 0.480 e. The number of hydrogen-bond donors (Lipinski definition) is 1. The second-order valence-electron chi connectivity index (χ2n) is 5.13. The molecule has 0 aromatic heterocycles. The SMILES string of the molecule is C=CC(CC(=O)N(CC(=O)O)C(C)CC)c1ccccc1. The zero-order valence-corrected chi connectivity index (χ0v) is 12.7. The van der Waals surface area contributed by atoms with Crippen molar-refractivity contribution in [2.24, 2.45) is 0 Å². The summed E-state index contributed by atoms with van der Waals surface area (Å²) in [5.41, 5.74) is 1.01. The summed E-state index contributed by atoms with van der Waals surface area (Å²) >= 11 is 0. The Bertz CT molecular complexity index is 484. The summed E-state index contributed by atoms with van der Waals surface area (Å²) in [4.78, 5) is 24.8. The molecule has 0 aliphatic heterocycles. The highest BCUT2D eigenvalue weighted by atomic mass is 16.4. The Hall–Kier alpha value is -2.10. The van der Waals surface area contributed by atoms with Crippen LogP contribution in [0.2, 0.25) is 0 Å². The number of aliphatic carboxylic acids is 1. The van der Waals surface area contributed by atoms with Gasteiger partial charge in [-0.15, -0.1) is 6.58 Å². The Morgan fingerprint density at radius 2 is 1.95 bits per heavy atom. The van der Waals surface area contributed by atoms with Gasteiger partial charge in [0.25, 0.3) is 0 Å². The summed E-state index contributed by atoms with van der Waals surface area (Å²) in [5.74, 6) is -1.24. The molecule has 1 N–H and O–H groups in total. The number of carbonyl (C=O) groups is 2. The van der Waals surface area contributed by atoms with Crippen LogP contribution in [0.4, 0.5) is 0 Å². The number of carboxylic acids is 1. The lowest BCUT2D eigenvalue weighted by Crippen LogP contribution is -2.42. The summed E-state index contributed by atoms with van der Waals surface area (Å²) in [6.07, 6.45) is 2.71. The van der Waals surface area contributed by atoms with Crippen LogP contribution in [0.15, 0.2) is 43.0 Å². The quantitative estimate of drug-likeness (QED) is 0.748. The van der Waals surface area contributed by atoms with Gasteiger partial charge in [-0.2, -0.15) is 0 Å². The average molecular weight is 289 g/mol. The standard InChI is InChI=1S/C17H23NO3/c1-4-13(3)18(12-17(20)21)16(19)11-14(5-2)15-9-7-6-8-10-15/h5-10,13-14H,2,4,11-12H2,1,3H3,(H,20,21). The predicted octanol–water partition coefficient (Wildman–Crippen LogP) is 3.06. The molecule has 0 radical (unpaired) electrons. The van der Waals surface area contributed by atoms with E-state index in [-0.39, 0.29) is 30.8 Å². The van der Waals surface area contributed by atoms with E-state index in [0.29, 0.717) is 0 Å². The van der Waals surface area contributed by atoms with Gasteiger partial charge in [0.05, 0.1) is 0 Å². The molecule has 0 saturated heterocycles. The fourth-order valence-corrected chi connectivity index (χ4v) is 2.20. The minimum atomic E-state index is -0.987. The van der Waals surface area contributed by atoms with Crippen molar-refractivity contribution in [3.8, 4) is 0 Å². The van der Waals surface area contributed by atoms with Crippen LogP contribution < -0.4 is 0 Å². The van der Waals surface area contributed by atoms with Crippen molar-refractivity contribution >= 4 is 11.9 Å². The molecular weight excluding hydrogens is 266 g/mol. The highest BCUT2D eigenvalue weighted by Gasteiger charge is 2.23. The van der Waals surface area contributed by atoms with Gasteiger partial charge in [0.15, 0.2) is 0 Å². The molecule has 21 heavy (non-hydrogen) atoms. The van der Waals surface area contributed by atoms with Gasteiger partial charge in [0.1, 0.15) is 6.54 Å². The number of nitrogens with zero attached hydrogens (tertiary/aromatic N) is 1. The number of benzene rings is 1. The lowest BCUT2D eigenvalue weighted by molar-refractivity contribution is -0.146. The molecule has 0 aliphatic carbocycles. The highest BCUT2D eigenvalue weighted by Crippen LogP contribution is 2.22. The molecule has 0 aliphatic rings. The molecule has 4 heteroatoms. The van der Waals surface area contributed by atoms with Crippen LogP contribution in [0.3, 0.4) is 0 Å². The van der Waals surface area contributed by atoms with E-state index >= 15 is 0 Å². The molecule has 0 bridgehead atoms. The Balaban J connectivity index is 2.83. The van der Waals surface area contributed by atoms with Gasteiger partial charge in [-0.05, 0) is 18.9 Å². The third-order valence-electron chi connectivity index (χ3n) is 3.66. The number of allylic oxidation sites excluding steroid dienone is 1. The van der Waals surface area contributed by atoms with Crippen LogP contribution in [0.25, 0.3) is 0 Å². The Morgan fingerprint density at radius 1 is 1.33 bits per heavy atom. The third-order valence-corrected chi connectivity index (χ3v) is 3.66. The van der Waals surface area contributed by atoms with E-state index in [1.807, 2.05) is 44.2 Å². The summed E-state index contributed by atoms with van der Waals surface area (Å²) in [5, 5.41) is 8.97. The molecule has 114 valence electrons. The van der Waals surface area contributed by atoms with Crippen LogP contribution >= 0.6 is 0 Å². The van der Waals surface area contributed by atoms with Crippen molar-refractivity contribution in [3.63, 3.8) is 0 Å². The molecule has 2 atom stereocenters. The maximum Gasteiger partial charge on any atom is 0.323 e. The van der Waals surface area contributed by atoms with Crippen molar-refractivity contribution in [3.05, 3.63) is 48.6 Å². The third kappa shape index (κ3) is 5.06. The van der Waals surface area contributed by atoms with Gasteiger partial charge in [-0.1, -0.05) is 43.3 Å². The first-order valence-corrected chi connectivity index (χ1v) is 7.18. The van der Waals surface area contributed by atoms with Crippen molar-refractivity contribution < 1.29 is 14.7 Å². The van der Waals surface area contributed by atoms with Crippen LogP contribution in [0, 0.1) is 0 Å². The van der Waals surface area contributed by atoms with Crippen LogP contribution in [0.5, 0.6) is 0 Å². The number of amides is 1. The maximum atomic E-state index is 12.4. The number of rotatable bonds is 8. The number of carbonyl (C=O) groups excluding carboxylic acids is 1. The van der Waals surface area contributed by atoms with Gasteiger partial charge < -0.3 is 10.0 Å². The Morgan fingerprint density at radius 3 is 2.43 bits per heavy atom. The van der Waals surface area contributed by atoms with Crippen molar-refractivity contribution in [2.75, 3.05) is 6.54 Å². The summed E-state index contributed by atoms with van der Waals surface area (Å²) < 4.78 is 0. The fraction of sp³-hybridized carbons (Fsp3) is 0.412. The van der Waals surface area contributed by atoms with Crippen molar-refractivity contribution in [1.82, 2.24) is 4.90 Å². The molecule has 1 amide bonds. The molecule has 0 fully saturated rings. The maximum absolute atomic E-state index is 12.4. The minimum absolute atomic E-state index is 0.0881. The number of carboxylic acid groups (broad SMARTS) is 1. The topological polar surface area (TPSA) is 57.6 Å². The van der Waals surface area contributed by atoms with Crippen molar-refractivity contribution in [2.45, 2.75) is 38.6 Å². The van der Waals surface area contributed by atoms with Crippen LogP contribution in [-0.4, -0.2) is 34.5 Å². The summed E-state index contributed by atoms with van der Waals surface area (Å²) in [7, 11) is 0. The molecule has 1 aromatic rings. The van der Waals surface area contributed by atoms with Crippen LogP contribution in [-0.2, 0) is 9.59 Å². The summed E-state index contributed by atoms with van der Waals surface area (Å²) in [6, 6.07) is 9.56. The first-order chi connectivity index (χ1) is 9.99. The molecule has 2 unspecified atom stereocenters. The van der Waals surface area contributed by atoms with Crippen molar-refractivity contribution in [1.29, 1.82) is 0 Å². The lowest BCUT2D eigenvalue weighted by Gasteiger charge is -2.28. The number of hydrogen-bond acceptors (Lipinski definition) is 2. The lowest BCUT2D eigenvalue weighted by atomic mass is 9.95. The molecular formula is C17H23NO3. The van der Waals surface area contributed by atoms with Gasteiger partial charge in [-0.3, -0.25) is 9.59 Å². The van der Waals surface area contributed by atoms with Crippen LogP contribution in [0.1, 0.15) is 38.2 Å². The second kappa shape index (κ2) is 8.25. The molecule has 1 rings (SSSR count). The molecule has 0 saturated carbocycles. The highest BCUT2D eigenvalue weighted by molar-refractivity contribution is 5.82. The van der Waals surface area contributed by atoms with E-state index in [1.165, 1.54) is 4.90 Å². The van der Waals surface area contributed by atoms with Gasteiger partial charge in [0, 0.05) is 18.4 Å². The van der Waals surface area contributed by atoms with E-state index in [1.54, 1.807) is 6.08 Å². The average Bonchev–Trinajstić information content (AvgIpc) is 2.49.